The standard InChI is InChI=1S/C8H17NO2S/c1-11-6-5-9-8(10)4-2-3-7-12/h12H,2-7H2,1H3,(H,9,10). The zero-order valence-corrected chi connectivity index (χ0v) is 8.40. The monoisotopic (exact) mass is 191 g/mol. The first-order valence-corrected chi connectivity index (χ1v) is 4.81. The van der Waals surface area contributed by atoms with Gasteiger partial charge < -0.3 is 10.1 Å². The van der Waals surface area contributed by atoms with Crippen molar-refractivity contribution in [1.29, 1.82) is 0 Å². The van der Waals surface area contributed by atoms with Crippen molar-refractivity contribution in [2.75, 3.05) is 26.0 Å². The Morgan fingerprint density at radius 3 is 2.83 bits per heavy atom. The van der Waals surface area contributed by atoms with Crippen LogP contribution >= 0.6 is 12.6 Å². The Morgan fingerprint density at radius 2 is 2.25 bits per heavy atom. The second-order valence-electron chi connectivity index (χ2n) is 2.52. The third-order valence-corrected chi connectivity index (χ3v) is 1.76. The Labute approximate surface area is 79.3 Å². The topological polar surface area (TPSA) is 38.3 Å². The van der Waals surface area contributed by atoms with Crippen LogP contribution < -0.4 is 5.32 Å². The minimum Gasteiger partial charge on any atom is -0.383 e. The number of unbranched alkanes of at least 4 members (excludes halogenated alkanes) is 1. The summed E-state index contributed by atoms with van der Waals surface area (Å²) in [6.07, 6.45) is 2.52. The van der Waals surface area contributed by atoms with E-state index in [1.807, 2.05) is 0 Å². The summed E-state index contributed by atoms with van der Waals surface area (Å²) in [4.78, 5) is 11.0. The number of rotatable bonds is 7. The lowest BCUT2D eigenvalue weighted by atomic mass is 10.2. The molecular weight excluding hydrogens is 174 g/mol. The molecule has 0 spiro atoms. The van der Waals surface area contributed by atoms with Crippen LogP contribution in [0.1, 0.15) is 19.3 Å². The molecule has 0 unspecified atom stereocenters. The van der Waals surface area contributed by atoms with Crippen molar-refractivity contribution >= 4 is 18.5 Å². The molecule has 0 rings (SSSR count). The zero-order chi connectivity index (χ0) is 9.23. The van der Waals surface area contributed by atoms with Gasteiger partial charge in [0.1, 0.15) is 0 Å². The number of carbonyl (C=O) groups is 1. The summed E-state index contributed by atoms with van der Waals surface area (Å²) in [6.45, 7) is 1.19. The lowest BCUT2D eigenvalue weighted by molar-refractivity contribution is -0.121. The molecule has 0 aromatic rings. The van der Waals surface area contributed by atoms with Crippen molar-refractivity contribution in [3.05, 3.63) is 0 Å². The average Bonchev–Trinajstić information content (AvgIpc) is 2.06. The van der Waals surface area contributed by atoms with Gasteiger partial charge in [-0.15, -0.1) is 0 Å². The van der Waals surface area contributed by atoms with Crippen LogP contribution in [-0.2, 0) is 9.53 Å². The molecule has 0 bridgehead atoms. The molecule has 0 saturated carbocycles. The normalized spacial score (nSPS) is 9.83. The Morgan fingerprint density at radius 1 is 1.50 bits per heavy atom. The van der Waals surface area contributed by atoms with Crippen LogP contribution in [0.3, 0.4) is 0 Å². The molecule has 0 aliphatic rings. The molecular formula is C8H17NO2S. The maximum absolute atomic E-state index is 11.0. The molecule has 4 heteroatoms. The smallest absolute Gasteiger partial charge is 0.220 e. The van der Waals surface area contributed by atoms with Crippen LogP contribution in [-0.4, -0.2) is 31.9 Å². The van der Waals surface area contributed by atoms with Crippen molar-refractivity contribution in [3.8, 4) is 0 Å². The maximum atomic E-state index is 11.0. The van der Waals surface area contributed by atoms with Crippen molar-refractivity contribution in [2.45, 2.75) is 19.3 Å². The Balaban J connectivity index is 3.10. The summed E-state index contributed by atoms with van der Waals surface area (Å²) in [5.74, 6) is 0.958. The molecule has 0 aromatic heterocycles. The number of carbonyl (C=O) groups excluding carboxylic acids is 1. The van der Waals surface area contributed by atoms with Crippen molar-refractivity contribution in [2.24, 2.45) is 0 Å². The fourth-order valence-electron chi connectivity index (χ4n) is 0.778. The van der Waals surface area contributed by atoms with E-state index in [4.69, 9.17) is 4.74 Å². The lowest BCUT2D eigenvalue weighted by Crippen LogP contribution is -2.26. The first-order valence-electron chi connectivity index (χ1n) is 4.17. The fraction of sp³-hybridized carbons (Fsp3) is 0.875. The molecule has 0 aliphatic carbocycles. The number of methoxy groups -OCH3 is 1. The molecule has 0 fully saturated rings. The van der Waals surface area contributed by atoms with Crippen molar-refractivity contribution < 1.29 is 9.53 Å². The Kier molecular flexibility index (Phi) is 8.71. The van der Waals surface area contributed by atoms with Gasteiger partial charge in [0.2, 0.25) is 5.91 Å². The minimum atomic E-state index is 0.105. The third-order valence-electron chi connectivity index (χ3n) is 1.44. The van der Waals surface area contributed by atoms with E-state index < -0.39 is 0 Å². The zero-order valence-electron chi connectivity index (χ0n) is 7.51. The van der Waals surface area contributed by atoms with Crippen LogP contribution in [0.4, 0.5) is 0 Å². The highest BCUT2D eigenvalue weighted by atomic mass is 32.1. The predicted molar refractivity (Wildman–Crippen MR) is 52.6 cm³/mol. The van der Waals surface area contributed by atoms with E-state index in [0.29, 0.717) is 19.6 Å². The average molecular weight is 191 g/mol. The Bertz CT molecular complexity index is 108. The van der Waals surface area contributed by atoms with Gasteiger partial charge in [0.25, 0.3) is 0 Å². The molecule has 0 atom stereocenters. The SMILES string of the molecule is COCCNC(=O)CCCCS. The van der Waals surface area contributed by atoms with Gasteiger partial charge >= 0.3 is 0 Å². The van der Waals surface area contributed by atoms with Crippen LogP contribution in [0.25, 0.3) is 0 Å². The van der Waals surface area contributed by atoms with Gasteiger partial charge in [-0.1, -0.05) is 0 Å². The van der Waals surface area contributed by atoms with E-state index in [1.54, 1.807) is 7.11 Å². The van der Waals surface area contributed by atoms with Gasteiger partial charge in [0.15, 0.2) is 0 Å². The summed E-state index contributed by atoms with van der Waals surface area (Å²) >= 11 is 4.06. The molecule has 0 aliphatic heterocycles. The highest BCUT2D eigenvalue weighted by Crippen LogP contribution is 1.95. The highest BCUT2D eigenvalue weighted by molar-refractivity contribution is 7.80. The number of thiol groups is 1. The quantitative estimate of drug-likeness (QED) is 0.462. The van der Waals surface area contributed by atoms with Gasteiger partial charge in [0, 0.05) is 20.1 Å². The van der Waals surface area contributed by atoms with Crippen LogP contribution in [0.15, 0.2) is 0 Å². The maximum Gasteiger partial charge on any atom is 0.220 e. The van der Waals surface area contributed by atoms with E-state index in [0.717, 1.165) is 18.6 Å². The second kappa shape index (κ2) is 8.87. The molecule has 1 N–H and O–H groups in total. The largest absolute Gasteiger partial charge is 0.383 e. The fourth-order valence-corrected chi connectivity index (χ4v) is 1.00. The number of hydrogen-bond donors (Lipinski definition) is 2. The molecule has 3 nitrogen and oxygen atoms in total. The van der Waals surface area contributed by atoms with Crippen molar-refractivity contribution in [1.82, 2.24) is 5.32 Å². The Hall–Kier alpha value is -0.220. The first-order chi connectivity index (χ1) is 5.81. The summed E-state index contributed by atoms with van der Waals surface area (Å²) in [6, 6.07) is 0. The van der Waals surface area contributed by atoms with Gasteiger partial charge in [-0.05, 0) is 18.6 Å². The molecule has 0 heterocycles. The molecule has 0 radical (unpaired) electrons. The van der Waals surface area contributed by atoms with E-state index >= 15 is 0 Å². The predicted octanol–water partition coefficient (Wildman–Crippen LogP) is 0.849. The number of amides is 1. The van der Waals surface area contributed by atoms with E-state index in [-0.39, 0.29) is 5.91 Å². The third kappa shape index (κ3) is 7.88. The molecule has 1 amide bonds. The number of hydrogen-bond acceptors (Lipinski definition) is 3. The summed E-state index contributed by atoms with van der Waals surface area (Å²) in [5.41, 5.74) is 0. The van der Waals surface area contributed by atoms with Gasteiger partial charge in [0.05, 0.1) is 6.61 Å². The van der Waals surface area contributed by atoms with Crippen LogP contribution in [0, 0.1) is 0 Å². The van der Waals surface area contributed by atoms with Gasteiger partial charge in [-0.25, -0.2) is 0 Å². The van der Waals surface area contributed by atoms with Crippen LogP contribution in [0.5, 0.6) is 0 Å². The summed E-state index contributed by atoms with van der Waals surface area (Å²) in [7, 11) is 1.62. The van der Waals surface area contributed by atoms with Gasteiger partial charge in [-0.2, -0.15) is 12.6 Å². The van der Waals surface area contributed by atoms with Crippen molar-refractivity contribution in [3.63, 3.8) is 0 Å². The second-order valence-corrected chi connectivity index (χ2v) is 2.97. The first kappa shape index (κ1) is 11.8. The number of ether oxygens (including phenoxy) is 1. The lowest BCUT2D eigenvalue weighted by Gasteiger charge is -2.02. The highest BCUT2D eigenvalue weighted by Gasteiger charge is 1.98. The molecule has 72 valence electrons. The summed E-state index contributed by atoms with van der Waals surface area (Å²) in [5, 5.41) is 2.75. The minimum absolute atomic E-state index is 0.105. The van der Waals surface area contributed by atoms with E-state index in [2.05, 4.69) is 17.9 Å². The van der Waals surface area contributed by atoms with E-state index in [9.17, 15) is 4.79 Å². The summed E-state index contributed by atoms with van der Waals surface area (Å²) < 4.78 is 4.79. The number of nitrogens with one attached hydrogen (secondary N) is 1. The molecule has 12 heavy (non-hydrogen) atoms. The van der Waals surface area contributed by atoms with E-state index in [1.165, 1.54) is 0 Å². The van der Waals surface area contributed by atoms with Crippen LogP contribution in [0.2, 0.25) is 0 Å². The molecule has 0 saturated heterocycles. The molecule has 0 aromatic carbocycles. The van der Waals surface area contributed by atoms with Gasteiger partial charge in [-0.3, -0.25) is 4.79 Å².